The Bertz CT molecular complexity index is 1210. The highest BCUT2D eigenvalue weighted by Gasteiger charge is 2.39. The molecule has 0 aliphatic heterocycles. The number of anilines is 1. The first kappa shape index (κ1) is 31.1. The average molecular weight is 541 g/mol. The van der Waals surface area contributed by atoms with Crippen LogP contribution in [0.25, 0.3) is 0 Å². The minimum absolute atomic E-state index is 0.149. The monoisotopic (exact) mass is 540 g/mol. The van der Waals surface area contributed by atoms with Gasteiger partial charge in [0.15, 0.2) is 0 Å². The number of primary amides is 1. The number of aromatic hydroxyl groups is 1. The molecule has 2 unspecified atom stereocenters. The molecule has 0 spiro atoms. The molecular formula is C29H40N4O6. The van der Waals surface area contributed by atoms with Crippen LogP contribution in [0.5, 0.6) is 5.75 Å². The number of ether oxygens (including phenoxy) is 1. The molecule has 10 nitrogen and oxygen atoms in total. The molecule has 212 valence electrons. The number of amides is 4. The molecule has 39 heavy (non-hydrogen) atoms. The van der Waals surface area contributed by atoms with E-state index < -0.39 is 54.0 Å². The number of para-hydroxylation sites is 2. The number of phenolic OH excluding ortho intramolecular Hbond substituents is 1. The molecule has 0 saturated heterocycles. The van der Waals surface area contributed by atoms with E-state index in [-0.39, 0.29) is 11.3 Å². The van der Waals surface area contributed by atoms with Crippen molar-refractivity contribution >= 4 is 29.5 Å². The standard InChI is InChI=1S/C29H40N4O6/c1-16(2)33(27(37)21(15-22(30)34)31-28(38)39-29(6,7)8)24(20-14-10-13-19(5)25(20)35)26(36)32-23-17(3)11-9-12-18(23)4/h9-14,16,21,24,35H,15H2,1-8H3,(H2,30,34)(H,31,38)(H,32,36). The lowest BCUT2D eigenvalue weighted by atomic mass is 9.97. The summed E-state index contributed by atoms with van der Waals surface area (Å²) in [5.74, 6) is -2.30. The quantitative estimate of drug-likeness (QED) is 0.377. The van der Waals surface area contributed by atoms with Crippen LogP contribution in [0.2, 0.25) is 0 Å². The molecule has 0 aliphatic carbocycles. The maximum absolute atomic E-state index is 14.0. The molecule has 0 aromatic heterocycles. The Kier molecular flexibility index (Phi) is 10.1. The summed E-state index contributed by atoms with van der Waals surface area (Å²) in [7, 11) is 0. The van der Waals surface area contributed by atoms with Crippen LogP contribution < -0.4 is 16.4 Å². The first-order chi connectivity index (χ1) is 18.0. The molecule has 4 amide bonds. The van der Waals surface area contributed by atoms with Crippen molar-refractivity contribution in [2.24, 2.45) is 5.73 Å². The zero-order valence-corrected chi connectivity index (χ0v) is 23.9. The van der Waals surface area contributed by atoms with Gasteiger partial charge in [-0.3, -0.25) is 14.4 Å². The van der Waals surface area contributed by atoms with Crippen LogP contribution in [-0.4, -0.2) is 51.5 Å². The number of carbonyl (C=O) groups is 4. The Balaban J connectivity index is 2.63. The van der Waals surface area contributed by atoms with E-state index in [9.17, 15) is 24.3 Å². The lowest BCUT2D eigenvalue weighted by molar-refractivity contribution is -0.144. The van der Waals surface area contributed by atoms with Gasteiger partial charge in [0.1, 0.15) is 23.4 Å². The van der Waals surface area contributed by atoms with E-state index in [0.29, 0.717) is 11.3 Å². The molecule has 0 heterocycles. The van der Waals surface area contributed by atoms with Gasteiger partial charge in [0.05, 0.1) is 6.42 Å². The Morgan fingerprint density at radius 3 is 2.03 bits per heavy atom. The molecule has 2 atom stereocenters. The van der Waals surface area contributed by atoms with Gasteiger partial charge in [-0.05, 0) is 72.1 Å². The van der Waals surface area contributed by atoms with Gasteiger partial charge in [0, 0.05) is 17.3 Å². The molecule has 0 bridgehead atoms. The molecule has 0 radical (unpaired) electrons. The minimum atomic E-state index is -1.41. The van der Waals surface area contributed by atoms with Crippen molar-refractivity contribution in [1.29, 1.82) is 0 Å². The highest BCUT2D eigenvalue weighted by Crippen LogP contribution is 2.35. The first-order valence-electron chi connectivity index (χ1n) is 12.8. The van der Waals surface area contributed by atoms with E-state index >= 15 is 0 Å². The highest BCUT2D eigenvalue weighted by molar-refractivity contribution is 6.01. The highest BCUT2D eigenvalue weighted by atomic mass is 16.6. The van der Waals surface area contributed by atoms with Crippen molar-refractivity contribution in [2.75, 3.05) is 5.32 Å². The predicted molar refractivity (Wildman–Crippen MR) is 149 cm³/mol. The topological polar surface area (TPSA) is 151 Å². The Labute approximate surface area is 229 Å². The molecule has 2 aromatic carbocycles. The molecule has 2 rings (SSSR count). The Morgan fingerprint density at radius 1 is 0.974 bits per heavy atom. The van der Waals surface area contributed by atoms with Crippen LogP contribution in [0, 0.1) is 20.8 Å². The molecule has 2 aromatic rings. The zero-order valence-electron chi connectivity index (χ0n) is 23.9. The molecule has 0 fully saturated rings. The van der Waals surface area contributed by atoms with Crippen LogP contribution in [0.4, 0.5) is 10.5 Å². The number of phenols is 1. The number of nitrogens with one attached hydrogen (secondary N) is 2. The van der Waals surface area contributed by atoms with Crippen LogP contribution in [0.3, 0.4) is 0 Å². The Morgan fingerprint density at radius 2 is 1.51 bits per heavy atom. The fraction of sp³-hybridized carbons (Fsp3) is 0.448. The Hall–Kier alpha value is -4.08. The van der Waals surface area contributed by atoms with Crippen LogP contribution >= 0.6 is 0 Å². The predicted octanol–water partition coefficient (Wildman–Crippen LogP) is 4.00. The van der Waals surface area contributed by atoms with E-state index in [0.717, 1.165) is 11.1 Å². The number of alkyl carbamates (subject to hydrolysis) is 1. The lowest BCUT2D eigenvalue weighted by Crippen LogP contribution is -2.55. The van der Waals surface area contributed by atoms with Gasteiger partial charge in [-0.15, -0.1) is 0 Å². The normalized spacial score (nSPS) is 12.8. The number of hydrogen-bond donors (Lipinski definition) is 4. The average Bonchev–Trinajstić information content (AvgIpc) is 2.79. The summed E-state index contributed by atoms with van der Waals surface area (Å²) in [6, 6.07) is 7.15. The summed E-state index contributed by atoms with van der Waals surface area (Å²) in [6.07, 6.45) is -1.44. The zero-order chi connectivity index (χ0) is 29.7. The second kappa shape index (κ2) is 12.6. The van der Waals surface area contributed by atoms with Crippen molar-refractivity contribution in [3.63, 3.8) is 0 Å². The summed E-state index contributed by atoms with van der Waals surface area (Å²) in [6.45, 7) is 13.7. The van der Waals surface area contributed by atoms with Crippen molar-refractivity contribution in [2.45, 2.75) is 85.5 Å². The van der Waals surface area contributed by atoms with Gasteiger partial charge in [0.25, 0.3) is 5.91 Å². The van der Waals surface area contributed by atoms with Crippen LogP contribution in [0.15, 0.2) is 36.4 Å². The lowest BCUT2D eigenvalue weighted by Gasteiger charge is -2.37. The second-order valence-electron chi connectivity index (χ2n) is 10.9. The van der Waals surface area contributed by atoms with Crippen molar-refractivity contribution in [3.05, 3.63) is 58.7 Å². The summed E-state index contributed by atoms with van der Waals surface area (Å²) >= 11 is 0. The van der Waals surface area contributed by atoms with Gasteiger partial charge in [-0.1, -0.05) is 36.4 Å². The maximum atomic E-state index is 14.0. The van der Waals surface area contributed by atoms with E-state index in [1.54, 1.807) is 59.7 Å². The van der Waals surface area contributed by atoms with E-state index in [4.69, 9.17) is 10.5 Å². The third kappa shape index (κ3) is 8.20. The number of nitrogens with two attached hydrogens (primary N) is 1. The molecule has 10 heteroatoms. The maximum Gasteiger partial charge on any atom is 0.408 e. The SMILES string of the molecule is Cc1cccc(C(C(=O)Nc2c(C)cccc2C)N(C(=O)C(CC(N)=O)NC(=O)OC(C)(C)C)C(C)C)c1O. The largest absolute Gasteiger partial charge is 0.507 e. The van der Waals surface area contributed by atoms with Crippen molar-refractivity contribution in [3.8, 4) is 5.75 Å². The smallest absolute Gasteiger partial charge is 0.408 e. The number of benzene rings is 2. The molecule has 0 saturated carbocycles. The van der Waals surface area contributed by atoms with E-state index in [2.05, 4.69) is 10.6 Å². The van der Waals surface area contributed by atoms with Crippen LogP contribution in [0.1, 0.15) is 69.3 Å². The van der Waals surface area contributed by atoms with Gasteiger partial charge < -0.3 is 31.1 Å². The fourth-order valence-electron chi connectivity index (χ4n) is 4.23. The minimum Gasteiger partial charge on any atom is -0.507 e. The molecule has 0 aliphatic rings. The second-order valence-corrected chi connectivity index (χ2v) is 10.9. The van der Waals surface area contributed by atoms with Crippen LogP contribution in [-0.2, 0) is 19.1 Å². The van der Waals surface area contributed by atoms with Crippen molar-refractivity contribution < 1.29 is 29.0 Å². The summed E-state index contributed by atoms with van der Waals surface area (Å²) in [5.41, 5.74) is 7.47. The first-order valence-corrected chi connectivity index (χ1v) is 12.8. The summed E-state index contributed by atoms with van der Waals surface area (Å²) < 4.78 is 5.28. The van der Waals surface area contributed by atoms with Gasteiger partial charge in [-0.25, -0.2) is 4.79 Å². The number of rotatable bonds is 9. The number of carbonyl (C=O) groups excluding carboxylic acids is 4. The van der Waals surface area contributed by atoms with E-state index in [1.807, 2.05) is 32.0 Å². The third-order valence-corrected chi connectivity index (χ3v) is 6.02. The van der Waals surface area contributed by atoms with E-state index in [1.165, 1.54) is 4.90 Å². The number of hydrogen-bond acceptors (Lipinski definition) is 6. The summed E-state index contributed by atoms with van der Waals surface area (Å²) in [5, 5.41) is 16.3. The van der Waals surface area contributed by atoms with Gasteiger partial charge >= 0.3 is 6.09 Å². The van der Waals surface area contributed by atoms with Crippen molar-refractivity contribution in [1.82, 2.24) is 10.2 Å². The summed E-state index contributed by atoms with van der Waals surface area (Å²) in [4.78, 5) is 53.7. The van der Waals surface area contributed by atoms with Gasteiger partial charge in [0.2, 0.25) is 11.8 Å². The fourth-order valence-corrected chi connectivity index (χ4v) is 4.23. The van der Waals surface area contributed by atoms with Gasteiger partial charge in [-0.2, -0.15) is 0 Å². The molecule has 5 N–H and O–H groups in total. The number of aryl methyl sites for hydroxylation is 3. The third-order valence-electron chi connectivity index (χ3n) is 6.02. The number of nitrogens with zero attached hydrogens (tertiary/aromatic N) is 1. The molecular weight excluding hydrogens is 500 g/mol.